The zero-order valence-corrected chi connectivity index (χ0v) is 12.5. The van der Waals surface area contributed by atoms with Gasteiger partial charge in [0.25, 0.3) is 16.0 Å². The summed E-state index contributed by atoms with van der Waals surface area (Å²) in [6.07, 6.45) is 1.64. The van der Waals surface area contributed by atoms with Gasteiger partial charge in [0.15, 0.2) is 5.65 Å². The lowest BCUT2D eigenvalue weighted by Gasteiger charge is -2.07. The molecule has 0 amide bonds. The molecule has 3 rings (SSSR count). The molecular formula is C13H8ClN5O2S. The Bertz CT molecular complexity index is 974. The molecule has 7 nitrogen and oxygen atoms in total. The molecule has 0 bridgehead atoms. The number of nitriles is 1. The fraction of sp³-hybridized carbons (Fsp3) is 0. The van der Waals surface area contributed by atoms with E-state index in [4.69, 9.17) is 16.9 Å². The van der Waals surface area contributed by atoms with E-state index in [0.717, 1.165) is 0 Å². The predicted molar refractivity (Wildman–Crippen MR) is 80.0 cm³/mol. The Kier molecular flexibility index (Phi) is 3.44. The normalized spacial score (nSPS) is 11.3. The highest BCUT2D eigenvalue weighted by Crippen LogP contribution is 2.24. The lowest BCUT2D eigenvalue weighted by molar-refractivity contribution is 0.600. The molecule has 2 heterocycles. The van der Waals surface area contributed by atoms with E-state index in [1.54, 1.807) is 30.5 Å². The van der Waals surface area contributed by atoms with Gasteiger partial charge < -0.3 is 0 Å². The van der Waals surface area contributed by atoms with Crippen molar-refractivity contribution in [1.29, 1.82) is 5.26 Å². The molecule has 0 spiro atoms. The van der Waals surface area contributed by atoms with Crippen molar-refractivity contribution >= 4 is 33.2 Å². The summed E-state index contributed by atoms with van der Waals surface area (Å²) in [4.78, 5) is 3.83. The third-order valence-corrected chi connectivity index (χ3v) is 4.53. The number of sulfonamides is 1. The minimum atomic E-state index is -4.02. The maximum Gasteiger partial charge on any atom is 0.265 e. The molecule has 22 heavy (non-hydrogen) atoms. The molecule has 0 unspecified atom stereocenters. The number of halogens is 1. The van der Waals surface area contributed by atoms with Gasteiger partial charge in [0, 0.05) is 6.20 Å². The van der Waals surface area contributed by atoms with Gasteiger partial charge in [-0.15, -0.1) is 5.10 Å². The highest BCUT2D eigenvalue weighted by atomic mass is 35.5. The highest BCUT2D eigenvalue weighted by Gasteiger charge is 2.22. The summed E-state index contributed by atoms with van der Waals surface area (Å²) in [5.41, 5.74) is 0.368. The molecule has 3 aromatic rings. The van der Waals surface area contributed by atoms with E-state index in [1.807, 2.05) is 0 Å². The summed E-state index contributed by atoms with van der Waals surface area (Å²) >= 11 is 5.85. The second-order valence-electron chi connectivity index (χ2n) is 4.27. The summed E-state index contributed by atoms with van der Waals surface area (Å²) in [7, 11) is -4.02. The topological polar surface area (TPSA) is 100 Å². The van der Waals surface area contributed by atoms with E-state index in [-0.39, 0.29) is 21.4 Å². The Labute approximate surface area is 130 Å². The SMILES string of the molecule is N#Cc1c(Cl)cccc1S(=O)(=O)Nc1nc2ccccn2n1. The van der Waals surface area contributed by atoms with Crippen LogP contribution in [0.3, 0.4) is 0 Å². The van der Waals surface area contributed by atoms with Crippen molar-refractivity contribution in [1.82, 2.24) is 14.6 Å². The molecular weight excluding hydrogens is 326 g/mol. The molecule has 0 aliphatic carbocycles. The molecule has 0 aliphatic rings. The quantitative estimate of drug-likeness (QED) is 0.790. The van der Waals surface area contributed by atoms with Crippen LogP contribution in [0, 0.1) is 11.3 Å². The Morgan fingerprint density at radius 2 is 2.05 bits per heavy atom. The van der Waals surface area contributed by atoms with Crippen LogP contribution >= 0.6 is 11.6 Å². The fourth-order valence-corrected chi connectivity index (χ4v) is 3.28. The molecule has 0 aliphatic heterocycles. The van der Waals surface area contributed by atoms with Crippen LogP contribution in [0.1, 0.15) is 5.56 Å². The minimum absolute atomic E-state index is 0.0633. The van der Waals surface area contributed by atoms with Crippen molar-refractivity contribution in [3.8, 4) is 6.07 Å². The summed E-state index contributed by atoms with van der Waals surface area (Å²) < 4.78 is 28.5. The summed E-state index contributed by atoms with van der Waals surface area (Å²) in [5.74, 6) is -0.0879. The van der Waals surface area contributed by atoms with Crippen LogP contribution in [-0.2, 0) is 10.0 Å². The lowest BCUT2D eigenvalue weighted by atomic mass is 10.2. The molecule has 2 aromatic heterocycles. The van der Waals surface area contributed by atoms with E-state index in [1.165, 1.54) is 22.7 Å². The predicted octanol–water partition coefficient (Wildman–Crippen LogP) is 2.06. The van der Waals surface area contributed by atoms with Crippen molar-refractivity contribution in [3.63, 3.8) is 0 Å². The lowest BCUT2D eigenvalue weighted by Crippen LogP contribution is -2.15. The Hall–Kier alpha value is -2.63. The molecule has 1 N–H and O–H groups in total. The Morgan fingerprint density at radius 3 is 2.77 bits per heavy atom. The summed E-state index contributed by atoms with van der Waals surface area (Å²) in [5, 5.41) is 13.1. The standard InChI is InChI=1S/C13H8ClN5O2S/c14-10-4-3-5-11(9(10)8-15)22(20,21)18-13-16-12-6-1-2-7-19(12)17-13/h1-7H,(H,17,18). The second-order valence-corrected chi connectivity index (χ2v) is 6.33. The molecule has 0 radical (unpaired) electrons. The minimum Gasteiger partial charge on any atom is -0.246 e. The monoisotopic (exact) mass is 333 g/mol. The number of aromatic nitrogens is 3. The van der Waals surface area contributed by atoms with E-state index in [2.05, 4.69) is 14.8 Å². The first-order chi connectivity index (χ1) is 10.5. The van der Waals surface area contributed by atoms with Gasteiger partial charge >= 0.3 is 0 Å². The number of rotatable bonds is 3. The van der Waals surface area contributed by atoms with E-state index in [9.17, 15) is 8.42 Å². The number of hydrogen-bond donors (Lipinski definition) is 1. The first kappa shape index (κ1) is 14.3. The molecule has 110 valence electrons. The zero-order valence-electron chi connectivity index (χ0n) is 10.9. The fourth-order valence-electron chi connectivity index (χ4n) is 1.89. The van der Waals surface area contributed by atoms with Crippen LogP contribution in [0.2, 0.25) is 5.02 Å². The van der Waals surface area contributed by atoms with Crippen LogP contribution in [0.5, 0.6) is 0 Å². The van der Waals surface area contributed by atoms with Crippen LogP contribution in [0.25, 0.3) is 5.65 Å². The van der Waals surface area contributed by atoms with E-state index < -0.39 is 10.0 Å². The number of anilines is 1. The average molecular weight is 334 g/mol. The van der Waals surface area contributed by atoms with Gasteiger partial charge in [-0.1, -0.05) is 23.7 Å². The smallest absolute Gasteiger partial charge is 0.246 e. The number of pyridine rings is 1. The van der Waals surface area contributed by atoms with Gasteiger partial charge in [0.1, 0.15) is 11.0 Å². The van der Waals surface area contributed by atoms with Gasteiger partial charge in [0.05, 0.1) is 10.6 Å². The van der Waals surface area contributed by atoms with E-state index >= 15 is 0 Å². The van der Waals surface area contributed by atoms with Crippen molar-refractivity contribution in [3.05, 3.63) is 53.2 Å². The van der Waals surface area contributed by atoms with Gasteiger partial charge in [0.2, 0.25) is 0 Å². The number of benzene rings is 1. The van der Waals surface area contributed by atoms with Crippen LogP contribution in [0.15, 0.2) is 47.5 Å². The molecule has 1 aromatic carbocycles. The summed E-state index contributed by atoms with van der Waals surface area (Å²) in [6.45, 7) is 0. The average Bonchev–Trinajstić information content (AvgIpc) is 2.88. The van der Waals surface area contributed by atoms with E-state index in [0.29, 0.717) is 5.65 Å². The van der Waals surface area contributed by atoms with Crippen LogP contribution in [0.4, 0.5) is 5.95 Å². The largest absolute Gasteiger partial charge is 0.265 e. The zero-order chi connectivity index (χ0) is 15.7. The van der Waals surface area contributed by atoms with Crippen molar-refractivity contribution in [2.24, 2.45) is 0 Å². The highest BCUT2D eigenvalue weighted by molar-refractivity contribution is 7.92. The van der Waals surface area contributed by atoms with Gasteiger partial charge in [-0.05, 0) is 24.3 Å². The van der Waals surface area contributed by atoms with Crippen molar-refractivity contribution in [2.45, 2.75) is 4.90 Å². The molecule has 0 atom stereocenters. The Balaban J connectivity index is 2.04. The van der Waals surface area contributed by atoms with Gasteiger partial charge in [-0.3, -0.25) is 0 Å². The molecule has 0 saturated heterocycles. The van der Waals surface area contributed by atoms with Crippen LogP contribution < -0.4 is 4.72 Å². The first-order valence-corrected chi connectivity index (χ1v) is 7.90. The molecule has 0 fully saturated rings. The Morgan fingerprint density at radius 1 is 1.23 bits per heavy atom. The summed E-state index contributed by atoms with van der Waals surface area (Å²) in [6, 6.07) is 11.2. The number of nitrogens with one attached hydrogen (secondary N) is 1. The second kappa shape index (κ2) is 5.29. The number of fused-ring (bicyclic) bond motifs is 1. The van der Waals surface area contributed by atoms with Crippen LogP contribution in [-0.4, -0.2) is 23.0 Å². The van der Waals surface area contributed by atoms with Crippen molar-refractivity contribution < 1.29 is 8.42 Å². The van der Waals surface area contributed by atoms with Gasteiger partial charge in [-0.2, -0.15) is 10.2 Å². The van der Waals surface area contributed by atoms with Gasteiger partial charge in [-0.25, -0.2) is 17.7 Å². The number of nitrogens with zero attached hydrogens (tertiary/aromatic N) is 4. The third-order valence-electron chi connectivity index (χ3n) is 2.84. The number of hydrogen-bond acceptors (Lipinski definition) is 5. The first-order valence-electron chi connectivity index (χ1n) is 6.04. The third kappa shape index (κ3) is 2.47. The molecule has 0 saturated carbocycles. The maximum absolute atomic E-state index is 12.4. The van der Waals surface area contributed by atoms with Crippen molar-refractivity contribution in [2.75, 3.05) is 4.72 Å². The maximum atomic E-state index is 12.4. The molecule has 9 heteroatoms.